The van der Waals surface area contributed by atoms with Gasteiger partial charge in [0.05, 0.1) is 29.7 Å². The molecule has 1 saturated heterocycles. The number of aromatic nitrogens is 1. The predicted octanol–water partition coefficient (Wildman–Crippen LogP) is -0.505. The van der Waals surface area contributed by atoms with Gasteiger partial charge in [-0.15, -0.1) is 0 Å². The molecule has 1 aromatic heterocycles. The lowest BCUT2D eigenvalue weighted by atomic mass is 10.2. The molecule has 17 heavy (non-hydrogen) atoms. The van der Waals surface area contributed by atoms with Gasteiger partial charge in [-0.2, -0.15) is 0 Å². The van der Waals surface area contributed by atoms with Crippen molar-refractivity contribution < 1.29 is 15.0 Å². The number of hydrogen-bond acceptors (Lipinski definition) is 5. The fourth-order valence-corrected chi connectivity index (χ4v) is 1.90. The molecule has 2 atom stereocenters. The van der Waals surface area contributed by atoms with Crippen molar-refractivity contribution in [3.63, 3.8) is 0 Å². The second-order valence-corrected chi connectivity index (χ2v) is 4.31. The standard InChI is InChI=1S/C10H12ClN3O3/c11-9-6(1-5(12)2-13-9)10(17)14-3-7(15)8(16)4-14/h1-2,7-8,15-16H,3-4,12H2/t7-,8+. The average Bonchev–Trinajstić information content (AvgIpc) is 2.62. The first kappa shape index (κ1) is 12.1. The van der Waals surface area contributed by atoms with Crippen LogP contribution in [0.15, 0.2) is 12.3 Å². The number of likely N-dealkylation sites (tertiary alicyclic amines) is 1. The minimum absolute atomic E-state index is 0.0556. The molecule has 1 fully saturated rings. The van der Waals surface area contributed by atoms with Gasteiger partial charge in [0.15, 0.2) is 0 Å². The molecular weight excluding hydrogens is 246 g/mol. The number of rotatable bonds is 1. The van der Waals surface area contributed by atoms with Crippen molar-refractivity contribution in [2.24, 2.45) is 0 Å². The van der Waals surface area contributed by atoms with E-state index in [1.54, 1.807) is 0 Å². The summed E-state index contributed by atoms with van der Waals surface area (Å²) in [5.41, 5.74) is 6.03. The lowest BCUT2D eigenvalue weighted by Crippen LogP contribution is -2.30. The molecule has 0 unspecified atom stereocenters. The van der Waals surface area contributed by atoms with Crippen LogP contribution in [0.2, 0.25) is 5.15 Å². The van der Waals surface area contributed by atoms with E-state index in [9.17, 15) is 15.0 Å². The van der Waals surface area contributed by atoms with Gasteiger partial charge in [0.1, 0.15) is 5.15 Å². The molecule has 7 heteroatoms. The third kappa shape index (κ3) is 2.33. The van der Waals surface area contributed by atoms with Crippen LogP contribution in [0, 0.1) is 0 Å². The maximum absolute atomic E-state index is 12.0. The first-order chi connectivity index (χ1) is 7.99. The second kappa shape index (κ2) is 4.48. The Balaban J connectivity index is 2.23. The predicted molar refractivity (Wildman–Crippen MR) is 61.6 cm³/mol. The number of halogens is 1. The van der Waals surface area contributed by atoms with Crippen LogP contribution in [-0.4, -0.2) is 51.3 Å². The number of anilines is 1. The number of carbonyl (C=O) groups is 1. The number of pyridine rings is 1. The normalized spacial score (nSPS) is 24.1. The summed E-state index contributed by atoms with van der Waals surface area (Å²) < 4.78 is 0. The van der Waals surface area contributed by atoms with E-state index in [4.69, 9.17) is 17.3 Å². The van der Waals surface area contributed by atoms with Crippen LogP contribution < -0.4 is 5.73 Å². The monoisotopic (exact) mass is 257 g/mol. The van der Waals surface area contributed by atoms with Gasteiger partial charge in [0.25, 0.3) is 5.91 Å². The number of carbonyl (C=O) groups excluding carboxylic acids is 1. The highest BCUT2D eigenvalue weighted by Crippen LogP contribution is 2.20. The van der Waals surface area contributed by atoms with Crippen LogP contribution in [0.1, 0.15) is 10.4 Å². The largest absolute Gasteiger partial charge is 0.397 e. The van der Waals surface area contributed by atoms with Crippen LogP contribution in [0.4, 0.5) is 5.69 Å². The fourth-order valence-electron chi connectivity index (χ4n) is 1.72. The Bertz CT molecular complexity index is 444. The molecule has 0 radical (unpaired) electrons. The summed E-state index contributed by atoms with van der Waals surface area (Å²) >= 11 is 5.80. The maximum atomic E-state index is 12.0. The summed E-state index contributed by atoms with van der Waals surface area (Å²) in [6, 6.07) is 1.43. The third-order valence-corrected chi connectivity index (χ3v) is 2.94. The molecule has 6 nitrogen and oxygen atoms in total. The Morgan fingerprint density at radius 3 is 2.65 bits per heavy atom. The number of β-amino-alcohol motifs (C(OH)–C–C–N with tert-alkyl or cyclic N) is 2. The van der Waals surface area contributed by atoms with E-state index in [-0.39, 0.29) is 23.8 Å². The fraction of sp³-hybridized carbons (Fsp3) is 0.400. The molecule has 2 heterocycles. The van der Waals surface area contributed by atoms with Gasteiger partial charge in [-0.3, -0.25) is 4.79 Å². The highest BCUT2D eigenvalue weighted by Gasteiger charge is 2.33. The van der Waals surface area contributed by atoms with Gasteiger partial charge in [0.2, 0.25) is 0 Å². The van der Waals surface area contributed by atoms with E-state index in [0.29, 0.717) is 5.69 Å². The number of nitrogens with zero attached hydrogens (tertiary/aromatic N) is 2. The van der Waals surface area contributed by atoms with Gasteiger partial charge in [-0.25, -0.2) is 4.98 Å². The minimum Gasteiger partial charge on any atom is -0.397 e. The summed E-state index contributed by atoms with van der Waals surface area (Å²) in [6.45, 7) is 0.149. The zero-order chi connectivity index (χ0) is 12.6. The van der Waals surface area contributed by atoms with Crippen molar-refractivity contribution in [2.45, 2.75) is 12.2 Å². The van der Waals surface area contributed by atoms with Gasteiger partial charge in [-0.05, 0) is 6.07 Å². The highest BCUT2D eigenvalue weighted by atomic mass is 35.5. The Kier molecular flexibility index (Phi) is 3.19. The van der Waals surface area contributed by atoms with Gasteiger partial charge in [-0.1, -0.05) is 11.6 Å². The zero-order valence-corrected chi connectivity index (χ0v) is 9.63. The average molecular weight is 258 g/mol. The zero-order valence-electron chi connectivity index (χ0n) is 8.88. The molecule has 92 valence electrons. The molecule has 0 saturated carbocycles. The van der Waals surface area contributed by atoms with E-state index in [1.807, 2.05) is 0 Å². The molecule has 1 aliphatic heterocycles. The van der Waals surface area contributed by atoms with Crippen molar-refractivity contribution in [2.75, 3.05) is 18.8 Å². The van der Waals surface area contributed by atoms with Crippen LogP contribution in [0.25, 0.3) is 0 Å². The van der Waals surface area contributed by atoms with Gasteiger partial charge >= 0.3 is 0 Å². The van der Waals surface area contributed by atoms with Crippen molar-refractivity contribution in [1.82, 2.24) is 9.88 Å². The Labute approximate surface area is 103 Å². The molecular formula is C10H12ClN3O3. The topological polar surface area (TPSA) is 99.7 Å². The Hall–Kier alpha value is -1.37. The van der Waals surface area contributed by atoms with E-state index < -0.39 is 18.1 Å². The number of aliphatic hydroxyl groups excluding tert-OH is 2. The van der Waals surface area contributed by atoms with Crippen LogP contribution in [0.3, 0.4) is 0 Å². The maximum Gasteiger partial charge on any atom is 0.257 e. The third-order valence-electron chi connectivity index (χ3n) is 2.64. The van der Waals surface area contributed by atoms with Crippen molar-refractivity contribution in [3.8, 4) is 0 Å². The smallest absolute Gasteiger partial charge is 0.257 e. The van der Waals surface area contributed by atoms with Gasteiger partial charge < -0.3 is 20.8 Å². The highest BCUT2D eigenvalue weighted by molar-refractivity contribution is 6.32. The van der Waals surface area contributed by atoms with Gasteiger partial charge in [0, 0.05) is 13.1 Å². The molecule has 2 rings (SSSR count). The molecule has 1 aromatic rings. The SMILES string of the molecule is Nc1cnc(Cl)c(C(=O)N2C[C@@H](O)[C@@H](O)C2)c1. The summed E-state index contributed by atoms with van der Waals surface area (Å²) in [5, 5.41) is 18.8. The van der Waals surface area contributed by atoms with Crippen molar-refractivity contribution >= 4 is 23.2 Å². The van der Waals surface area contributed by atoms with Crippen molar-refractivity contribution in [3.05, 3.63) is 23.0 Å². The number of amides is 1. The number of nitrogen functional groups attached to an aromatic ring is 1. The molecule has 0 aliphatic carbocycles. The molecule has 0 bridgehead atoms. The van der Waals surface area contributed by atoms with E-state index in [0.717, 1.165) is 0 Å². The minimum atomic E-state index is -0.924. The summed E-state index contributed by atoms with van der Waals surface area (Å²) in [4.78, 5) is 17.1. The quantitative estimate of drug-likeness (QED) is 0.589. The second-order valence-electron chi connectivity index (χ2n) is 3.95. The number of aliphatic hydroxyl groups is 2. The lowest BCUT2D eigenvalue weighted by Gasteiger charge is -2.15. The lowest BCUT2D eigenvalue weighted by molar-refractivity contribution is 0.0572. The molecule has 4 N–H and O–H groups in total. The van der Waals surface area contributed by atoms with Crippen LogP contribution in [0.5, 0.6) is 0 Å². The Morgan fingerprint density at radius 1 is 1.47 bits per heavy atom. The molecule has 1 amide bonds. The molecule has 0 aromatic carbocycles. The molecule has 1 aliphatic rings. The summed E-state index contributed by atoms with van der Waals surface area (Å²) in [6.07, 6.45) is -0.495. The van der Waals surface area contributed by atoms with E-state index in [1.165, 1.54) is 17.2 Å². The Morgan fingerprint density at radius 2 is 2.06 bits per heavy atom. The first-order valence-corrected chi connectivity index (χ1v) is 5.43. The number of hydrogen-bond donors (Lipinski definition) is 3. The summed E-state index contributed by atoms with van der Waals surface area (Å²) in [5.74, 6) is -0.398. The van der Waals surface area contributed by atoms with Crippen molar-refractivity contribution in [1.29, 1.82) is 0 Å². The van der Waals surface area contributed by atoms with E-state index in [2.05, 4.69) is 4.98 Å². The van der Waals surface area contributed by atoms with Crippen LogP contribution >= 0.6 is 11.6 Å². The summed E-state index contributed by atoms with van der Waals surface area (Å²) in [7, 11) is 0. The van der Waals surface area contributed by atoms with E-state index >= 15 is 0 Å². The number of nitrogens with two attached hydrogens (primary N) is 1. The molecule has 0 spiro atoms. The van der Waals surface area contributed by atoms with Crippen LogP contribution in [-0.2, 0) is 0 Å². The first-order valence-electron chi connectivity index (χ1n) is 5.05.